The fourth-order valence-electron chi connectivity index (χ4n) is 5.12. The normalized spacial score (nSPS) is 17.7. The van der Waals surface area contributed by atoms with Gasteiger partial charge in [0, 0.05) is 48.2 Å². The Morgan fingerprint density at radius 2 is 1.94 bits per heavy atom. The first kappa shape index (κ1) is 20.2. The molecule has 0 atom stereocenters. The molecule has 0 bridgehead atoms. The minimum absolute atomic E-state index is 0.0151. The number of hydrogen-bond donors (Lipinski definition) is 1. The monoisotopic (exact) mass is 416 g/mol. The molecule has 2 aromatic carbocycles. The zero-order valence-corrected chi connectivity index (χ0v) is 17.9. The number of ether oxygens (including phenoxy) is 1. The van der Waals surface area contributed by atoms with Gasteiger partial charge in [0.1, 0.15) is 0 Å². The number of fused-ring (bicyclic) bond motifs is 1. The van der Waals surface area contributed by atoms with E-state index in [1.165, 1.54) is 0 Å². The van der Waals surface area contributed by atoms with E-state index in [4.69, 9.17) is 9.72 Å². The average Bonchev–Trinajstić information content (AvgIpc) is 2.78. The maximum Gasteiger partial charge on any atom is 0.254 e. The van der Waals surface area contributed by atoms with Crippen LogP contribution in [-0.2, 0) is 17.8 Å². The highest BCUT2D eigenvalue weighted by Crippen LogP contribution is 2.39. The Hall–Kier alpha value is -2.76. The molecule has 0 aliphatic carbocycles. The molecule has 2 aliphatic rings. The molecule has 1 amide bonds. The first-order valence-corrected chi connectivity index (χ1v) is 11.0. The Balaban J connectivity index is 1.43. The maximum atomic E-state index is 13.3. The Morgan fingerprint density at radius 3 is 2.71 bits per heavy atom. The third-order valence-electron chi connectivity index (χ3n) is 6.68. The fourth-order valence-corrected chi connectivity index (χ4v) is 5.12. The van der Waals surface area contributed by atoms with E-state index in [1.54, 1.807) is 0 Å². The molecule has 5 nitrogen and oxygen atoms in total. The zero-order valence-electron chi connectivity index (χ0n) is 17.9. The van der Waals surface area contributed by atoms with Gasteiger partial charge in [-0.3, -0.25) is 9.78 Å². The molecule has 160 valence electrons. The maximum absolute atomic E-state index is 13.3. The number of carbonyl (C=O) groups is 1. The van der Waals surface area contributed by atoms with Gasteiger partial charge in [-0.05, 0) is 48.6 Å². The zero-order chi connectivity index (χ0) is 21.4. The lowest BCUT2D eigenvalue weighted by molar-refractivity contribution is -0.0863. The fraction of sp³-hybridized carbons (Fsp3) is 0.385. The van der Waals surface area contributed by atoms with E-state index in [1.807, 2.05) is 54.3 Å². The van der Waals surface area contributed by atoms with Gasteiger partial charge in [0.15, 0.2) is 0 Å². The van der Waals surface area contributed by atoms with Gasteiger partial charge in [0.2, 0.25) is 0 Å². The third-order valence-corrected chi connectivity index (χ3v) is 6.68. The number of rotatable bonds is 4. The average molecular weight is 417 g/mol. The van der Waals surface area contributed by atoms with Gasteiger partial charge in [0.05, 0.1) is 18.7 Å². The van der Waals surface area contributed by atoms with E-state index in [0.717, 1.165) is 78.0 Å². The molecule has 1 spiro atoms. The SMILES string of the molecule is Cc1cc(CO)c2cccc(Cc3ccccc3C(=O)N3CC4(CCCOC4)C3)c2n1. The summed E-state index contributed by atoms with van der Waals surface area (Å²) in [6.45, 7) is 5.12. The number of carbonyl (C=O) groups excluding carboxylic acids is 1. The topological polar surface area (TPSA) is 62.7 Å². The number of hydrogen-bond acceptors (Lipinski definition) is 4. The van der Waals surface area contributed by atoms with Crippen LogP contribution < -0.4 is 0 Å². The van der Waals surface area contributed by atoms with E-state index < -0.39 is 0 Å². The Morgan fingerprint density at radius 1 is 1.13 bits per heavy atom. The Kier molecular flexibility index (Phi) is 5.24. The van der Waals surface area contributed by atoms with E-state index in [0.29, 0.717) is 6.42 Å². The lowest BCUT2D eigenvalue weighted by Gasteiger charge is -2.52. The highest BCUT2D eigenvalue weighted by Gasteiger charge is 2.46. The van der Waals surface area contributed by atoms with Crippen LogP contribution in [0.25, 0.3) is 10.9 Å². The smallest absolute Gasteiger partial charge is 0.254 e. The predicted molar refractivity (Wildman–Crippen MR) is 120 cm³/mol. The van der Waals surface area contributed by atoms with Gasteiger partial charge in [-0.1, -0.05) is 36.4 Å². The molecule has 5 heteroatoms. The number of likely N-dealkylation sites (tertiary alicyclic amines) is 1. The van der Waals surface area contributed by atoms with Crippen molar-refractivity contribution in [1.29, 1.82) is 0 Å². The van der Waals surface area contributed by atoms with Gasteiger partial charge >= 0.3 is 0 Å². The molecule has 1 aromatic heterocycles. The second kappa shape index (κ2) is 8.06. The largest absolute Gasteiger partial charge is 0.392 e. The summed E-state index contributed by atoms with van der Waals surface area (Å²) in [5.74, 6) is 0.104. The highest BCUT2D eigenvalue weighted by molar-refractivity contribution is 5.96. The number of aromatic nitrogens is 1. The highest BCUT2D eigenvalue weighted by atomic mass is 16.5. The Bertz CT molecular complexity index is 1130. The van der Waals surface area contributed by atoms with E-state index in [2.05, 4.69) is 6.07 Å². The van der Waals surface area contributed by atoms with Crippen LogP contribution in [0.15, 0.2) is 48.5 Å². The minimum atomic E-state index is -0.0151. The molecule has 2 fully saturated rings. The van der Waals surface area contributed by atoms with Crippen molar-refractivity contribution in [3.05, 3.63) is 76.5 Å². The summed E-state index contributed by atoms with van der Waals surface area (Å²) in [7, 11) is 0. The molecule has 3 heterocycles. The lowest BCUT2D eigenvalue weighted by Crippen LogP contribution is -2.61. The van der Waals surface area contributed by atoms with Crippen LogP contribution in [0.3, 0.4) is 0 Å². The van der Waals surface area contributed by atoms with Crippen molar-refractivity contribution < 1.29 is 14.6 Å². The van der Waals surface area contributed by atoms with Crippen molar-refractivity contribution >= 4 is 16.8 Å². The van der Waals surface area contributed by atoms with Crippen molar-refractivity contribution in [3.8, 4) is 0 Å². The number of pyridine rings is 1. The number of amides is 1. The quantitative estimate of drug-likeness (QED) is 0.701. The summed E-state index contributed by atoms with van der Waals surface area (Å²) < 4.78 is 5.67. The van der Waals surface area contributed by atoms with Crippen molar-refractivity contribution in [2.75, 3.05) is 26.3 Å². The number of benzene rings is 2. The van der Waals surface area contributed by atoms with Crippen molar-refractivity contribution in [2.24, 2.45) is 5.41 Å². The van der Waals surface area contributed by atoms with Gasteiger partial charge in [0.25, 0.3) is 5.91 Å². The van der Waals surface area contributed by atoms with Crippen molar-refractivity contribution in [1.82, 2.24) is 9.88 Å². The van der Waals surface area contributed by atoms with Crippen LogP contribution in [0.2, 0.25) is 0 Å². The summed E-state index contributed by atoms with van der Waals surface area (Å²) in [5, 5.41) is 10.7. The van der Waals surface area contributed by atoms with Gasteiger partial charge in [-0.15, -0.1) is 0 Å². The summed E-state index contributed by atoms with van der Waals surface area (Å²) in [5.41, 5.74) is 5.67. The molecular weight excluding hydrogens is 388 g/mol. The molecule has 0 saturated carbocycles. The van der Waals surface area contributed by atoms with E-state index in [-0.39, 0.29) is 17.9 Å². The predicted octanol–water partition coefficient (Wildman–Crippen LogP) is 3.88. The molecule has 31 heavy (non-hydrogen) atoms. The number of nitrogens with zero attached hydrogens (tertiary/aromatic N) is 2. The van der Waals surface area contributed by atoms with Crippen LogP contribution in [0.4, 0.5) is 0 Å². The van der Waals surface area contributed by atoms with Gasteiger partial charge in [-0.2, -0.15) is 0 Å². The first-order valence-electron chi connectivity index (χ1n) is 11.0. The summed E-state index contributed by atoms with van der Waals surface area (Å²) in [4.78, 5) is 20.0. The molecule has 2 saturated heterocycles. The van der Waals surface area contributed by atoms with E-state index in [9.17, 15) is 9.90 Å². The number of aliphatic hydroxyl groups is 1. The molecule has 0 radical (unpaired) electrons. The second-order valence-corrected chi connectivity index (χ2v) is 9.05. The Labute approximate surface area is 182 Å². The number of aryl methyl sites for hydroxylation is 1. The summed E-state index contributed by atoms with van der Waals surface area (Å²) in [6.07, 6.45) is 2.86. The van der Waals surface area contributed by atoms with Crippen LogP contribution in [0, 0.1) is 12.3 Å². The minimum Gasteiger partial charge on any atom is -0.392 e. The molecule has 1 N–H and O–H groups in total. The standard InChI is InChI=1S/C26H28N2O3/c1-18-12-21(14-29)22-9-4-7-20(24(22)27-18)13-19-6-2-3-8-23(19)25(30)28-15-26(16-28)10-5-11-31-17-26/h2-4,6-9,12,29H,5,10-11,13-17H2,1H3. The lowest BCUT2D eigenvalue weighted by atomic mass is 9.75. The molecule has 3 aromatic rings. The molecule has 0 unspecified atom stereocenters. The van der Waals surface area contributed by atoms with Crippen molar-refractivity contribution in [3.63, 3.8) is 0 Å². The summed E-state index contributed by atoms with van der Waals surface area (Å²) in [6, 6.07) is 15.9. The van der Waals surface area contributed by atoms with Crippen molar-refractivity contribution in [2.45, 2.75) is 32.8 Å². The number of aliphatic hydroxyl groups excluding tert-OH is 1. The van der Waals surface area contributed by atoms with Gasteiger partial charge < -0.3 is 14.7 Å². The van der Waals surface area contributed by atoms with E-state index >= 15 is 0 Å². The molecular formula is C26H28N2O3. The first-order chi connectivity index (χ1) is 15.1. The van der Waals surface area contributed by atoms with Crippen LogP contribution >= 0.6 is 0 Å². The summed E-state index contributed by atoms with van der Waals surface area (Å²) >= 11 is 0. The molecule has 5 rings (SSSR count). The van der Waals surface area contributed by atoms with Crippen LogP contribution in [-0.4, -0.2) is 47.2 Å². The van der Waals surface area contributed by atoms with Crippen LogP contribution in [0.1, 0.15) is 45.6 Å². The second-order valence-electron chi connectivity index (χ2n) is 9.05. The number of para-hydroxylation sites is 1. The van der Waals surface area contributed by atoms with Gasteiger partial charge in [-0.25, -0.2) is 0 Å². The molecule has 2 aliphatic heterocycles. The third kappa shape index (κ3) is 3.73. The van der Waals surface area contributed by atoms with Crippen LogP contribution in [0.5, 0.6) is 0 Å².